The van der Waals surface area contributed by atoms with Gasteiger partial charge in [0.25, 0.3) is 0 Å². The lowest BCUT2D eigenvalue weighted by atomic mass is 9.75. The lowest BCUT2D eigenvalue weighted by Crippen LogP contribution is -2.42. The van der Waals surface area contributed by atoms with Crippen LogP contribution in [0.3, 0.4) is 0 Å². The number of carbonyl (C=O) groups excluding carboxylic acids is 1. The van der Waals surface area contributed by atoms with Gasteiger partial charge < -0.3 is 14.6 Å². The number of Topliss-reactive ketones (excluding diaryl/α,β-unsaturated/α-hetero) is 1. The van der Waals surface area contributed by atoms with Crippen LogP contribution in [-0.4, -0.2) is 30.4 Å². The first-order valence-corrected chi connectivity index (χ1v) is 6.55. The summed E-state index contributed by atoms with van der Waals surface area (Å²) >= 11 is 0. The van der Waals surface area contributed by atoms with Gasteiger partial charge in [-0.25, -0.2) is 0 Å². The van der Waals surface area contributed by atoms with Crippen LogP contribution in [0.15, 0.2) is 23.0 Å². The van der Waals surface area contributed by atoms with Gasteiger partial charge in [0.1, 0.15) is 0 Å². The molecule has 1 N–H and O–H groups in total. The SMILES string of the molecule is CC1=C(C2OCC(C)(C)CO2)C(C)(C)C=C(O)C1=O. The van der Waals surface area contributed by atoms with E-state index in [1.165, 1.54) is 0 Å². The molecule has 19 heavy (non-hydrogen) atoms. The minimum Gasteiger partial charge on any atom is -0.504 e. The van der Waals surface area contributed by atoms with E-state index >= 15 is 0 Å². The molecule has 0 amide bonds. The van der Waals surface area contributed by atoms with Crippen LogP contribution in [0.25, 0.3) is 0 Å². The molecule has 0 radical (unpaired) electrons. The maximum atomic E-state index is 11.9. The van der Waals surface area contributed by atoms with Crippen LogP contribution < -0.4 is 0 Å². The number of aliphatic hydroxyl groups excluding tert-OH is 1. The fourth-order valence-corrected chi connectivity index (χ4v) is 2.62. The van der Waals surface area contributed by atoms with Crippen molar-refractivity contribution in [1.82, 2.24) is 0 Å². The Morgan fingerprint density at radius 1 is 1.21 bits per heavy atom. The minimum atomic E-state index is -0.503. The number of allylic oxidation sites excluding steroid dienone is 2. The van der Waals surface area contributed by atoms with Gasteiger partial charge in [-0.15, -0.1) is 0 Å². The predicted octanol–water partition coefficient (Wildman–Crippen LogP) is 2.75. The molecule has 2 aliphatic rings. The van der Waals surface area contributed by atoms with Gasteiger partial charge in [0.15, 0.2) is 12.0 Å². The first-order chi connectivity index (χ1) is 8.64. The molecule has 0 unspecified atom stereocenters. The van der Waals surface area contributed by atoms with Gasteiger partial charge in [-0.2, -0.15) is 0 Å². The highest BCUT2D eigenvalue weighted by Gasteiger charge is 2.40. The third-order valence-electron chi connectivity index (χ3n) is 3.66. The van der Waals surface area contributed by atoms with Crippen LogP contribution in [-0.2, 0) is 14.3 Å². The Kier molecular flexibility index (Phi) is 3.35. The first-order valence-electron chi connectivity index (χ1n) is 6.55. The third-order valence-corrected chi connectivity index (χ3v) is 3.66. The zero-order valence-corrected chi connectivity index (χ0v) is 12.2. The van der Waals surface area contributed by atoms with Crippen molar-refractivity contribution in [3.8, 4) is 0 Å². The summed E-state index contributed by atoms with van der Waals surface area (Å²) < 4.78 is 11.6. The summed E-state index contributed by atoms with van der Waals surface area (Å²) in [5, 5.41) is 9.68. The Morgan fingerprint density at radius 2 is 1.74 bits per heavy atom. The van der Waals surface area contributed by atoms with Crippen molar-refractivity contribution in [1.29, 1.82) is 0 Å². The highest BCUT2D eigenvalue weighted by atomic mass is 16.7. The van der Waals surface area contributed by atoms with Crippen molar-refractivity contribution in [2.24, 2.45) is 10.8 Å². The fourth-order valence-electron chi connectivity index (χ4n) is 2.62. The molecule has 1 aliphatic carbocycles. The van der Waals surface area contributed by atoms with Crippen LogP contribution in [0.1, 0.15) is 34.6 Å². The Morgan fingerprint density at radius 3 is 2.26 bits per heavy atom. The highest BCUT2D eigenvalue weighted by Crippen LogP contribution is 2.41. The number of ketones is 1. The number of rotatable bonds is 1. The van der Waals surface area contributed by atoms with E-state index in [2.05, 4.69) is 13.8 Å². The maximum absolute atomic E-state index is 11.9. The second kappa shape index (κ2) is 4.46. The van der Waals surface area contributed by atoms with E-state index in [-0.39, 0.29) is 17.0 Å². The third kappa shape index (κ3) is 2.60. The topological polar surface area (TPSA) is 55.8 Å². The molecule has 0 atom stereocenters. The summed E-state index contributed by atoms with van der Waals surface area (Å²) in [6.07, 6.45) is 1.07. The monoisotopic (exact) mass is 266 g/mol. The van der Waals surface area contributed by atoms with Crippen molar-refractivity contribution in [3.05, 3.63) is 23.0 Å². The van der Waals surface area contributed by atoms with Gasteiger partial charge in [0.05, 0.1) is 13.2 Å². The lowest BCUT2D eigenvalue weighted by Gasteiger charge is -2.41. The Hall–Kier alpha value is -1.13. The summed E-state index contributed by atoms with van der Waals surface area (Å²) in [4.78, 5) is 11.9. The summed E-state index contributed by atoms with van der Waals surface area (Å²) in [6.45, 7) is 10.9. The second-order valence-corrected chi connectivity index (χ2v) is 6.74. The summed E-state index contributed by atoms with van der Waals surface area (Å²) in [5.74, 6) is -0.534. The van der Waals surface area contributed by atoms with E-state index in [4.69, 9.17) is 9.47 Å². The normalized spacial score (nSPS) is 27.4. The number of hydrogen-bond acceptors (Lipinski definition) is 4. The van der Waals surface area contributed by atoms with E-state index in [1.54, 1.807) is 13.0 Å². The lowest BCUT2D eigenvalue weighted by molar-refractivity contribution is -0.207. The predicted molar refractivity (Wildman–Crippen MR) is 71.7 cm³/mol. The van der Waals surface area contributed by atoms with E-state index in [0.717, 1.165) is 5.57 Å². The molecule has 1 saturated heterocycles. The van der Waals surface area contributed by atoms with Crippen LogP contribution in [0.4, 0.5) is 0 Å². The van der Waals surface area contributed by atoms with Gasteiger partial charge in [0.2, 0.25) is 5.78 Å². The Labute approximate surface area is 114 Å². The van der Waals surface area contributed by atoms with Gasteiger partial charge in [-0.1, -0.05) is 27.7 Å². The van der Waals surface area contributed by atoms with E-state index < -0.39 is 11.7 Å². The first kappa shape index (κ1) is 14.3. The molecule has 0 spiro atoms. The number of ether oxygens (including phenoxy) is 2. The molecule has 0 saturated carbocycles. The number of carbonyl (C=O) groups is 1. The van der Waals surface area contributed by atoms with Crippen LogP contribution in [0, 0.1) is 10.8 Å². The standard InChI is InChI=1S/C15H22O4/c1-9-11(13-18-7-14(2,3)8-19-13)15(4,5)6-10(16)12(9)17/h6,13,16H,7-8H2,1-5H3. The second-order valence-electron chi connectivity index (χ2n) is 6.74. The maximum Gasteiger partial charge on any atom is 0.222 e. The van der Waals surface area contributed by atoms with Gasteiger partial charge in [0, 0.05) is 22.0 Å². The van der Waals surface area contributed by atoms with Crippen LogP contribution >= 0.6 is 0 Å². The number of aliphatic hydroxyl groups is 1. The largest absolute Gasteiger partial charge is 0.504 e. The molecule has 0 bridgehead atoms. The van der Waals surface area contributed by atoms with Crippen molar-refractivity contribution >= 4 is 5.78 Å². The molecule has 2 rings (SSSR count). The van der Waals surface area contributed by atoms with Crippen molar-refractivity contribution in [2.45, 2.75) is 40.9 Å². The molecule has 0 aromatic heterocycles. The van der Waals surface area contributed by atoms with Gasteiger partial charge >= 0.3 is 0 Å². The zero-order chi connectivity index (χ0) is 14.4. The molecular formula is C15H22O4. The molecule has 4 nitrogen and oxygen atoms in total. The molecule has 106 valence electrons. The summed E-state index contributed by atoms with van der Waals surface area (Å²) in [7, 11) is 0. The van der Waals surface area contributed by atoms with Crippen LogP contribution in [0.5, 0.6) is 0 Å². The molecule has 1 heterocycles. The van der Waals surface area contributed by atoms with Gasteiger partial charge in [-0.3, -0.25) is 4.79 Å². The minimum absolute atomic E-state index is 0.00817. The quantitative estimate of drug-likeness (QED) is 0.793. The van der Waals surface area contributed by atoms with E-state index in [9.17, 15) is 9.90 Å². The molecule has 1 aliphatic heterocycles. The summed E-state index contributed by atoms with van der Waals surface area (Å²) in [6, 6.07) is 0. The summed E-state index contributed by atoms with van der Waals surface area (Å²) in [5.41, 5.74) is 0.875. The average molecular weight is 266 g/mol. The molecule has 1 fully saturated rings. The zero-order valence-electron chi connectivity index (χ0n) is 12.2. The van der Waals surface area contributed by atoms with E-state index in [1.807, 2.05) is 13.8 Å². The van der Waals surface area contributed by atoms with Crippen LogP contribution in [0.2, 0.25) is 0 Å². The molecule has 4 heteroatoms. The Bertz CT molecular complexity index is 459. The number of hydrogen-bond donors (Lipinski definition) is 1. The molecule has 0 aromatic carbocycles. The van der Waals surface area contributed by atoms with Crippen molar-refractivity contribution < 1.29 is 19.4 Å². The highest BCUT2D eigenvalue weighted by molar-refractivity contribution is 6.08. The fraction of sp³-hybridized carbons (Fsp3) is 0.667. The van der Waals surface area contributed by atoms with Gasteiger partial charge in [-0.05, 0) is 13.0 Å². The van der Waals surface area contributed by atoms with Crippen molar-refractivity contribution in [2.75, 3.05) is 13.2 Å². The smallest absolute Gasteiger partial charge is 0.222 e. The molecular weight excluding hydrogens is 244 g/mol. The average Bonchev–Trinajstić information content (AvgIpc) is 2.28. The van der Waals surface area contributed by atoms with E-state index in [0.29, 0.717) is 18.8 Å². The molecule has 0 aromatic rings. The Balaban J connectivity index is 2.31. The van der Waals surface area contributed by atoms with Crippen molar-refractivity contribution in [3.63, 3.8) is 0 Å².